The second-order valence-corrected chi connectivity index (χ2v) is 8.20. The van der Waals surface area contributed by atoms with E-state index in [4.69, 9.17) is 4.74 Å². The number of carbonyl (C=O) groups is 1. The van der Waals surface area contributed by atoms with Gasteiger partial charge >= 0.3 is 6.09 Å². The zero-order valence-corrected chi connectivity index (χ0v) is 15.9. The van der Waals surface area contributed by atoms with E-state index in [2.05, 4.69) is 23.6 Å². The Morgan fingerprint density at radius 3 is 2.56 bits per heavy atom. The Bertz CT molecular complexity index is 706. The van der Waals surface area contributed by atoms with Crippen molar-refractivity contribution >= 4 is 6.09 Å². The van der Waals surface area contributed by atoms with Gasteiger partial charge in [0.15, 0.2) is 11.6 Å². The Hall–Kier alpha value is -1.73. The van der Waals surface area contributed by atoms with Gasteiger partial charge in [-0.1, -0.05) is 6.07 Å². The van der Waals surface area contributed by atoms with Crippen molar-refractivity contribution in [1.29, 1.82) is 0 Å². The van der Waals surface area contributed by atoms with Gasteiger partial charge in [0.25, 0.3) is 0 Å². The lowest BCUT2D eigenvalue weighted by Gasteiger charge is -2.39. The average Bonchev–Trinajstić information content (AvgIpc) is 3.14. The van der Waals surface area contributed by atoms with Crippen LogP contribution in [0.3, 0.4) is 0 Å². The number of ether oxygens (including phenoxy) is 1. The van der Waals surface area contributed by atoms with Gasteiger partial charge in [-0.25, -0.2) is 13.6 Å². The van der Waals surface area contributed by atoms with Crippen LogP contribution in [0.25, 0.3) is 0 Å². The Morgan fingerprint density at radius 1 is 1.15 bits per heavy atom. The van der Waals surface area contributed by atoms with Crippen LogP contribution in [0, 0.1) is 11.6 Å². The summed E-state index contributed by atoms with van der Waals surface area (Å²) in [6.07, 6.45) is 1.62. The predicted octanol–water partition coefficient (Wildman–Crippen LogP) is 2.84. The maximum Gasteiger partial charge on any atom is 0.410 e. The monoisotopic (exact) mass is 379 g/mol. The number of hydrogen-bond acceptors (Lipinski definition) is 4. The van der Waals surface area contributed by atoms with Crippen molar-refractivity contribution in [2.24, 2.45) is 0 Å². The molecule has 148 valence electrons. The van der Waals surface area contributed by atoms with Crippen molar-refractivity contribution in [3.63, 3.8) is 0 Å². The van der Waals surface area contributed by atoms with Crippen LogP contribution in [0.2, 0.25) is 0 Å². The molecule has 3 aliphatic heterocycles. The van der Waals surface area contributed by atoms with Gasteiger partial charge in [0.1, 0.15) is 6.10 Å². The zero-order valence-electron chi connectivity index (χ0n) is 15.9. The molecule has 5 nitrogen and oxygen atoms in total. The number of hydrogen-bond donors (Lipinski definition) is 0. The summed E-state index contributed by atoms with van der Waals surface area (Å²) in [4.78, 5) is 19.0. The lowest BCUT2D eigenvalue weighted by molar-refractivity contribution is 0.0854. The van der Waals surface area contributed by atoms with E-state index < -0.39 is 11.6 Å². The molecule has 3 fully saturated rings. The Morgan fingerprint density at radius 2 is 1.89 bits per heavy atom. The molecule has 0 aliphatic carbocycles. The van der Waals surface area contributed by atoms with Crippen molar-refractivity contribution in [3.8, 4) is 0 Å². The van der Waals surface area contributed by atoms with Gasteiger partial charge in [0.05, 0.1) is 6.04 Å². The van der Waals surface area contributed by atoms with E-state index in [0.717, 1.165) is 37.6 Å². The number of likely N-dealkylation sites (tertiary alicyclic amines) is 2. The highest BCUT2D eigenvalue weighted by Gasteiger charge is 2.50. The number of nitrogens with zero attached hydrogens (tertiary/aromatic N) is 3. The number of halogens is 2. The molecule has 3 aliphatic rings. The number of rotatable bonds is 4. The zero-order chi connectivity index (χ0) is 19.1. The molecular weight excluding hydrogens is 352 g/mol. The Kier molecular flexibility index (Phi) is 5.07. The lowest BCUT2D eigenvalue weighted by atomic mass is 10.0. The second kappa shape index (κ2) is 7.36. The van der Waals surface area contributed by atoms with Crippen LogP contribution in [-0.4, -0.2) is 71.2 Å². The summed E-state index contributed by atoms with van der Waals surface area (Å²) in [6.45, 7) is 8.28. The first-order valence-corrected chi connectivity index (χ1v) is 9.81. The van der Waals surface area contributed by atoms with Gasteiger partial charge in [-0.05, 0) is 44.4 Å². The number of benzene rings is 1. The molecule has 7 heteroatoms. The topological polar surface area (TPSA) is 36.0 Å². The molecule has 1 aromatic carbocycles. The first kappa shape index (κ1) is 18.6. The van der Waals surface area contributed by atoms with Crippen molar-refractivity contribution in [3.05, 3.63) is 35.4 Å². The number of carbonyl (C=O) groups excluding carboxylic acids is 1. The fourth-order valence-corrected chi connectivity index (χ4v) is 4.67. The van der Waals surface area contributed by atoms with Crippen molar-refractivity contribution in [2.45, 2.75) is 57.5 Å². The highest BCUT2D eigenvalue weighted by molar-refractivity contribution is 5.71. The minimum Gasteiger partial charge on any atom is -0.442 e. The van der Waals surface area contributed by atoms with Gasteiger partial charge in [-0.3, -0.25) is 9.80 Å². The van der Waals surface area contributed by atoms with Crippen LogP contribution in [0.4, 0.5) is 13.6 Å². The highest BCUT2D eigenvalue weighted by atomic mass is 19.2. The van der Waals surface area contributed by atoms with Gasteiger partial charge in [-0.2, -0.15) is 0 Å². The smallest absolute Gasteiger partial charge is 0.410 e. The fourth-order valence-electron chi connectivity index (χ4n) is 4.67. The molecule has 3 heterocycles. The molecule has 4 rings (SSSR count). The molecule has 1 aromatic rings. The standard InChI is InChI=1S/C20H27F2N3O2/c1-13(2)24-7-5-15(6-8-24)25-18-11-23(12-19(18)27-20(25)26)10-14-3-4-16(21)17(22)9-14/h3-4,9,13,15,18-19H,5-8,10-12H2,1-2H3/t18-,19+/m1/s1. The van der Waals surface area contributed by atoms with Crippen LogP contribution < -0.4 is 0 Å². The number of fused-ring (bicyclic) bond motifs is 1. The number of amides is 1. The fraction of sp³-hybridized carbons (Fsp3) is 0.650. The van der Waals surface area contributed by atoms with Gasteiger partial charge in [0.2, 0.25) is 0 Å². The molecule has 0 bridgehead atoms. The molecule has 1 amide bonds. The minimum atomic E-state index is -0.829. The molecule has 0 aromatic heterocycles. The quantitative estimate of drug-likeness (QED) is 0.806. The van der Waals surface area contributed by atoms with E-state index in [1.165, 1.54) is 6.07 Å². The normalized spacial score (nSPS) is 27.4. The largest absolute Gasteiger partial charge is 0.442 e. The first-order valence-electron chi connectivity index (χ1n) is 9.81. The van der Waals surface area contributed by atoms with E-state index in [1.807, 2.05) is 4.90 Å². The third kappa shape index (κ3) is 3.67. The summed E-state index contributed by atoms with van der Waals surface area (Å²) in [5, 5.41) is 0. The summed E-state index contributed by atoms with van der Waals surface area (Å²) < 4.78 is 32.2. The van der Waals surface area contributed by atoms with Gasteiger partial charge in [0, 0.05) is 44.8 Å². The Labute approximate surface area is 158 Å². The first-order chi connectivity index (χ1) is 12.9. The van der Waals surface area contributed by atoms with Gasteiger partial charge in [-0.15, -0.1) is 0 Å². The molecule has 0 spiro atoms. The summed E-state index contributed by atoms with van der Waals surface area (Å²) in [6, 6.07) is 4.83. The molecule has 27 heavy (non-hydrogen) atoms. The predicted molar refractivity (Wildman–Crippen MR) is 97.3 cm³/mol. The van der Waals surface area contributed by atoms with Crippen molar-refractivity contribution in [2.75, 3.05) is 26.2 Å². The highest BCUT2D eigenvalue weighted by Crippen LogP contribution is 2.32. The minimum absolute atomic E-state index is 0.0541. The molecule has 0 saturated carbocycles. The maximum atomic E-state index is 13.5. The molecule has 0 radical (unpaired) electrons. The van der Waals surface area contributed by atoms with Crippen LogP contribution >= 0.6 is 0 Å². The van der Waals surface area contributed by atoms with Crippen LogP contribution in [0.5, 0.6) is 0 Å². The molecular formula is C20H27F2N3O2. The summed E-state index contributed by atoms with van der Waals surface area (Å²) in [5.41, 5.74) is 0.733. The number of piperidine rings is 1. The molecule has 0 N–H and O–H groups in total. The second-order valence-electron chi connectivity index (χ2n) is 8.20. The molecule has 0 unspecified atom stereocenters. The van der Waals surface area contributed by atoms with Crippen LogP contribution in [0.1, 0.15) is 32.3 Å². The van der Waals surface area contributed by atoms with Crippen LogP contribution in [-0.2, 0) is 11.3 Å². The van der Waals surface area contributed by atoms with Crippen molar-refractivity contribution < 1.29 is 18.3 Å². The summed E-state index contributed by atoms with van der Waals surface area (Å²) >= 11 is 0. The molecule has 2 atom stereocenters. The van der Waals surface area contributed by atoms with Crippen molar-refractivity contribution in [1.82, 2.24) is 14.7 Å². The van der Waals surface area contributed by atoms with E-state index in [-0.39, 0.29) is 24.3 Å². The Balaban J connectivity index is 1.39. The molecule has 3 saturated heterocycles. The summed E-state index contributed by atoms with van der Waals surface area (Å²) in [5.74, 6) is -1.65. The van der Waals surface area contributed by atoms with Gasteiger partial charge < -0.3 is 9.64 Å². The van der Waals surface area contributed by atoms with Crippen LogP contribution in [0.15, 0.2) is 18.2 Å². The SMILES string of the molecule is CC(C)N1CCC(N2C(=O)O[C@H]3CN(Cc4ccc(F)c(F)c4)C[C@H]32)CC1. The maximum absolute atomic E-state index is 13.5. The van der Waals surface area contributed by atoms with E-state index >= 15 is 0 Å². The summed E-state index contributed by atoms with van der Waals surface area (Å²) in [7, 11) is 0. The van der Waals surface area contributed by atoms with E-state index in [1.54, 1.807) is 6.07 Å². The third-order valence-electron chi connectivity index (χ3n) is 6.15. The third-order valence-corrected chi connectivity index (χ3v) is 6.15. The van der Waals surface area contributed by atoms with E-state index in [0.29, 0.717) is 25.7 Å². The average molecular weight is 379 g/mol. The lowest BCUT2D eigenvalue weighted by Crippen LogP contribution is -2.51. The van der Waals surface area contributed by atoms with E-state index in [9.17, 15) is 13.6 Å².